The van der Waals surface area contributed by atoms with Gasteiger partial charge in [-0.15, -0.1) is 0 Å². The zero-order valence-electron chi connectivity index (χ0n) is 9.16. The van der Waals surface area contributed by atoms with Crippen LogP contribution in [0.3, 0.4) is 0 Å². The van der Waals surface area contributed by atoms with Crippen molar-refractivity contribution < 1.29 is 21.9 Å². The molecule has 0 aromatic carbocycles. The summed E-state index contributed by atoms with van der Waals surface area (Å²) in [5.74, 6) is -0.743. The van der Waals surface area contributed by atoms with Crippen LogP contribution in [-0.4, -0.2) is 63.7 Å². The monoisotopic (exact) mass is 271 g/mol. The normalized spacial score (nSPS) is 23.8. The van der Waals surface area contributed by atoms with Gasteiger partial charge in [-0.05, 0) is 12.3 Å². The average Bonchev–Trinajstić information content (AvgIpc) is 2.62. The van der Waals surface area contributed by atoms with Gasteiger partial charge in [-0.25, -0.2) is 21.1 Å². The largest absolute Gasteiger partial charge is 0.396 e. The number of aliphatic hydroxyl groups is 1. The van der Waals surface area contributed by atoms with E-state index < -0.39 is 19.9 Å². The fourth-order valence-corrected chi connectivity index (χ4v) is 4.72. The highest BCUT2D eigenvalue weighted by Crippen LogP contribution is 2.19. The van der Waals surface area contributed by atoms with Crippen LogP contribution in [-0.2, 0) is 19.9 Å². The molecule has 1 N–H and O–H groups in total. The molecule has 1 fully saturated rings. The van der Waals surface area contributed by atoms with Crippen molar-refractivity contribution in [2.45, 2.75) is 6.42 Å². The Bertz CT molecular complexity index is 427. The predicted octanol–water partition coefficient (Wildman–Crippen LogP) is -1.32. The SMILES string of the molecule is CS(=O)(=O)CCS(=O)(=O)N1CCC(CO)C1. The summed E-state index contributed by atoms with van der Waals surface area (Å²) < 4.78 is 46.5. The first kappa shape index (κ1) is 13.9. The molecule has 0 aliphatic carbocycles. The Morgan fingerprint density at radius 1 is 1.25 bits per heavy atom. The lowest BCUT2D eigenvalue weighted by Gasteiger charge is -2.15. The van der Waals surface area contributed by atoms with Crippen molar-refractivity contribution in [3.8, 4) is 0 Å². The molecule has 1 saturated heterocycles. The third kappa shape index (κ3) is 4.00. The Morgan fingerprint density at radius 3 is 2.31 bits per heavy atom. The van der Waals surface area contributed by atoms with E-state index in [9.17, 15) is 16.8 Å². The first-order valence-corrected chi connectivity index (χ1v) is 8.68. The Labute approximate surface area is 96.2 Å². The minimum absolute atomic E-state index is 0.0204. The van der Waals surface area contributed by atoms with Crippen LogP contribution in [0.15, 0.2) is 0 Å². The minimum atomic E-state index is -3.49. The van der Waals surface area contributed by atoms with Crippen molar-refractivity contribution in [2.75, 3.05) is 37.5 Å². The molecule has 1 unspecified atom stereocenters. The maximum absolute atomic E-state index is 11.7. The summed E-state index contributed by atoms with van der Waals surface area (Å²) >= 11 is 0. The number of nitrogens with zero attached hydrogens (tertiary/aromatic N) is 1. The van der Waals surface area contributed by atoms with E-state index in [1.165, 1.54) is 4.31 Å². The highest BCUT2D eigenvalue weighted by molar-refractivity contribution is 7.93. The molecule has 96 valence electrons. The molecule has 0 aromatic heterocycles. The molecule has 1 rings (SSSR count). The second-order valence-corrected chi connectivity index (χ2v) is 8.49. The van der Waals surface area contributed by atoms with Gasteiger partial charge in [-0.1, -0.05) is 0 Å². The quantitative estimate of drug-likeness (QED) is 0.669. The van der Waals surface area contributed by atoms with Crippen LogP contribution in [0.4, 0.5) is 0 Å². The molecule has 0 bridgehead atoms. The first-order valence-electron chi connectivity index (χ1n) is 5.01. The molecule has 1 heterocycles. The van der Waals surface area contributed by atoms with Crippen LogP contribution < -0.4 is 0 Å². The van der Waals surface area contributed by atoms with E-state index in [2.05, 4.69) is 0 Å². The summed E-state index contributed by atoms with van der Waals surface area (Å²) in [7, 11) is -6.75. The van der Waals surface area contributed by atoms with Gasteiger partial charge in [-0.2, -0.15) is 0 Å². The standard InChI is InChI=1S/C8H17NO5S2/c1-15(11,12)4-5-16(13,14)9-3-2-8(6-9)7-10/h8,10H,2-7H2,1H3. The fourth-order valence-electron chi connectivity index (χ4n) is 1.58. The second kappa shape index (κ2) is 4.99. The summed E-state index contributed by atoms with van der Waals surface area (Å²) in [5, 5.41) is 8.89. The molecule has 1 aliphatic rings. The third-order valence-electron chi connectivity index (χ3n) is 2.61. The minimum Gasteiger partial charge on any atom is -0.396 e. The van der Waals surface area contributed by atoms with Crippen LogP contribution in [0.1, 0.15) is 6.42 Å². The van der Waals surface area contributed by atoms with Crippen LogP contribution in [0.2, 0.25) is 0 Å². The number of rotatable bonds is 5. The molecule has 0 amide bonds. The lowest BCUT2D eigenvalue weighted by atomic mass is 10.1. The summed E-state index contributed by atoms with van der Waals surface area (Å²) in [6.07, 6.45) is 1.65. The van der Waals surface area contributed by atoms with Gasteiger partial charge in [-0.3, -0.25) is 0 Å². The number of sulfonamides is 1. The summed E-state index contributed by atoms with van der Waals surface area (Å²) in [6, 6.07) is 0. The van der Waals surface area contributed by atoms with Crippen molar-refractivity contribution in [3.05, 3.63) is 0 Å². The van der Waals surface area contributed by atoms with Crippen LogP contribution in [0.5, 0.6) is 0 Å². The van der Waals surface area contributed by atoms with E-state index in [1.807, 2.05) is 0 Å². The van der Waals surface area contributed by atoms with Crippen molar-refractivity contribution in [1.29, 1.82) is 0 Å². The molecular formula is C8H17NO5S2. The van der Waals surface area contributed by atoms with Crippen molar-refractivity contribution in [3.63, 3.8) is 0 Å². The summed E-state index contributed by atoms with van der Waals surface area (Å²) in [4.78, 5) is 0. The first-order chi connectivity index (χ1) is 7.24. The van der Waals surface area contributed by atoms with Gasteiger partial charge in [0.1, 0.15) is 9.84 Å². The topological polar surface area (TPSA) is 91.8 Å². The zero-order chi connectivity index (χ0) is 12.4. The number of hydrogen-bond acceptors (Lipinski definition) is 5. The van der Waals surface area contributed by atoms with Crippen LogP contribution in [0, 0.1) is 5.92 Å². The smallest absolute Gasteiger partial charge is 0.215 e. The molecule has 0 aromatic rings. The molecule has 6 nitrogen and oxygen atoms in total. The maximum Gasteiger partial charge on any atom is 0.215 e. The van der Waals surface area contributed by atoms with Gasteiger partial charge in [0.05, 0.1) is 11.5 Å². The maximum atomic E-state index is 11.7. The Morgan fingerprint density at radius 2 is 1.88 bits per heavy atom. The lowest BCUT2D eigenvalue weighted by molar-refractivity contribution is 0.233. The Hall–Kier alpha value is -0.180. The molecule has 0 spiro atoms. The molecule has 0 saturated carbocycles. The molecule has 1 atom stereocenters. The van der Waals surface area contributed by atoms with E-state index in [0.717, 1.165) is 6.26 Å². The third-order valence-corrected chi connectivity index (χ3v) is 5.65. The number of hydrogen-bond donors (Lipinski definition) is 1. The molecule has 16 heavy (non-hydrogen) atoms. The number of sulfone groups is 1. The van der Waals surface area contributed by atoms with Gasteiger partial charge in [0.25, 0.3) is 0 Å². The molecule has 1 aliphatic heterocycles. The van der Waals surface area contributed by atoms with Gasteiger partial charge >= 0.3 is 0 Å². The average molecular weight is 271 g/mol. The fraction of sp³-hybridized carbons (Fsp3) is 1.00. The van der Waals surface area contributed by atoms with E-state index in [-0.39, 0.29) is 24.0 Å². The van der Waals surface area contributed by atoms with Crippen molar-refractivity contribution >= 4 is 19.9 Å². The van der Waals surface area contributed by atoms with Crippen LogP contribution >= 0.6 is 0 Å². The van der Waals surface area contributed by atoms with Crippen LogP contribution in [0.25, 0.3) is 0 Å². The summed E-state index contributed by atoms with van der Waals surface area (Å²) in [5.41, 5.74) is 0. The summed E-state index contributed by atoms with van der Waals surface area (Å²) in [6.45, 7) is 0.637. The van der Waals surface area contributed by atoms with E-state index in [0.29, 0.717) is 19.5 Å². The van der Waals surface area contributed by atoms with Crippen molar-refractivity contribution in [1.82, 2.24) is 4.31 Å². The number of aliphatic hydroxyl groups excluding tert-OH is 1. The Balaban J connectivity index is 2.59. The highest BCUT2D eigenvalue weighted by Gasteiger charge is 2.31. The lowest BCUT2D eigenvalue weighted by Crippen LogP contribution is -2.33. The highest BCUT2D eigenvalue weighted by atomic mass is 32.2. The predicted molar refractivity (Wildman–Crippen MR) is 60.3 cm³/mol. The Kier molecular flexibility index (Phi) is 4.33. The molecular weight excluding hydrogens is 254 g/mol. The van der Waals surface area contributed by atoms with Crippen molar-refractivity contribution in [2.24, 2.45) is 5.92 Å². The van der Waals surface area contributed by atoms with Gasteiger partial charge < -0.3 is 5.11 Å². The van der Waals surface area contributed by atoms with E-state index in [4.69, 9.17) is 5.11 Å². The zero-order valence-corrected chi connectivity index (χ0v) is 10.8. The van der Waals surface area contributed by atoms with Gasteiger partial charge in [0.2, 0.25) is 10.0 Å². The second-order valence-electron chi connectivity index (χ2n) is 4.14. The van der Waals surface area contributed by atoms with Gasteiger partial charge in [0, 0.05) is 26.0 Å². The molecule has 8 heteroatoms. The molecule has 0 radical (unpaired) electrons. The van der Waals surface area contributed by atoms with E-state index >= 15 is 0 Å². The van der Waals surface area contributed by atoms with E-state index in [1.54, 1.807) is 0 Å². The van der Waals surface area contributed by atoms with Gasteiger partial charge in [0.15, 0.2) is 0 Å².